The molecule has 4 heteroatoms. The molecule has 0 aromatic rings. The van der Waals surface area contributed by atoms with E-state index in [1.54, 1.807) is 7.11 Å². The lowest BCUT2D eigenvalue weighted by atomic mass is 10.1. The van der Waals surface area contributed by atoms with Crippen LogP contribution >= 0.6 is 0 Å². The summed E-state index contributed by atoms with van der Waals surface area (Å²) in [4.78, 5) is 11.4. The van der Waals surface area contributed by atoms with Gasteiger partial charge in [-0.3, -0.25) is 4.79 Å². The quantitative estimate of drug-likeness (QED) is 0.595. The van der Waals surface area contributed by atoms with Crippen LogP contribution in [0.4, 0.5) is 0 Å². The molecule has 0 saturated heterocycles. The Labute approximate surface area is 99.1 Å². The van der Waals surface area contributed by atoms with Gasteiger partial charge in [-0.05, 0) is 12.8 Å². The molecular weight excluding hydrogens is 204 g/mol. The summed E-state index contributed by atoms with van der Waals surface area (Å²) < 4.78 is 5.12. The van der Waals surface area contributed by atoms with Crippen LogP contribution in [0.2, 0.25) is 0 Å². The van der Waals surface area contributed by atoms with E-state index in [9.17, 15) is 4.79 Å². The average molecular weight is 230 g/mol. The molecule has 0 aromatic carbocycles. The Morgan fingerprint density at radius 2 is 2.06 bits per heavy atom. The van der Waals surface area contributed by atoms with Crippen molar-refractivity contribution in [1.29, 1.82) is 0 Å². The lowest BCUT2D eigenvalue weighted by Gasteiger charge is -2.17. The molecule has 1 amide bonds. The predicted molar refractivity (Wildman–Crippen MR) is 66.5 cm³/mol. The fourth-order valence-electron chi connectivity index (χ4n) is 1.46. The minimum Gasteiger partial charge on any atom is -0.383 e. The fourth-order valence-corrected chi connectivity index (χ4v) is 1.46. The number of nitrogens with one attached hydrogen (secondary N) is 2. The molecule has 0 aliphatic rings. The molecule has 2 N–H and O–H groups in total. The van der Waals surface area contributed by atoms with Gasteiger partial charge in [0.1, 0.15) is 0 Å². The van der Waals surface area contributed by atoms with E-state index >= 15 is 0 Å². The second-order valence-corrected chi connectivity index (χ2v) is 4.03. The van der Waals surface area contributed by atoms with E-state index in [-0.39, 0.29) is 11.9 Å². The largest absolute Gasteiger partial charge is 0.383 e. The van der Waals surface area contributed by atoms with Gasteiger partial charge in [0, 0.05) is 19.7 Å². The highest BCUT2D eigenvalue weighted by molar-refractivity contribution is 5.77. The van der Waals surface area contributed by atoms with E-state index in [0.29, 0.717) is 13.2 Å². The first kappa shape index (κ1) is 15.4. The second kappa shape index (κ2) is 10.9. The number of unbranched alkanes of at least 4 members (excludes halogenated alkanes) is 1. The van der Waals surface area contributed by atoms with Crippen LogP contribution in [0, 0.1) is 0 Å². The summed E-state index contributed by atoms with van der Waals surface area (Å²) in [6, 6.07) is 0.289. The molecule has 0 aliphatic carbocycles. The maximum atomic E-state index is 11.4. The highest BCUT2D eigenvalue weighted by Crippen LogP contribution is 2.00. The van der Waals surface area contributed by atoms with Gasteiger partial charge in [-0.1, -0.05) is 26.7 Å². The van der Waals surface area contributed by atoms with Crippen molar-refractivity contribution in [3.05, 3.63) is 0 Å². The van der Waals surface area contributed by atoms with Crippen LogP contribution in [0.25, 0.3) is 0 Å². The van der Waals surface area contributed by atoms with Gasteiger partial charge < -0.3 is 15.4 Å². The fraction of sp³-hybridized carbons (Fsp3) is 0.917. The first-order chi connectivity index (χ1) is 7.74. The number of hydrogen-bond acceptors (Lipinski definition) is 3. The van der Waals surface area contributed by atoms with Crippen LogP contribution in [-0.4, -0.2) is 38.8 Å². The van der Waals surface area contributed by atoms with Crippen LogP contribution in [0.5, 0.6) is 0 Å². The molecule has 0 aromatic heterocycles. The molecular formula is C12H26N2O2. The Kier molecular flexibility index (Phi) is 10.5. The minimum absolute atomic E-state index is 0.0689. The maximum Gasteiger partial charge on any atom is 0.233 e. The third-order valence-electron chi connectivity index (χ3n) is 2.40. The summed E-state index contributed by atoms with van der Waals surface area (Å²) in [6.07, 6.45) is 4.37. The Morgan fingerprint density at radius 3 is 2.62 bits per heavy atom. The normalized spacial score (nSPS) is 12.4. The second-order valence-electron chi connectivity index (χ2n) is 4.03. The van der Waals surface area contributed by atoms with E-state index in [4.69, 9.17) is 4.74 Å². The molecule has 1 atom stereocenters. The lowest BCUT2D eigenvalue weighted by Crippen LogP contribution is -2.41. The predicted octanol–water partition coefficient (Wildman–Crippen LogP) is 1.31. The zero-order valence-corrected chi connectivity index (χ0v) is 10.8. The summed E-state index contributed by atoms with van der Waals surface area (Å²) in [5, 5.41) is 6.07. The van der Waals surface area contributed by atoms with Crippen LogP contribution in [-0.2, 0) is 9.53 Å². The molecule has 1 unspecified atom stereocenters. The van der Waals surface area contributed by atoms with Crippen molar-refractivity contribution >= 4 is 5.91 Å². The number of carbonyl (C=O) groups excluding carboxylic acids is 1. The van der Waals surface area contributed by atoms with E-state index < -0.39 is 0 Å². The molecule has 16 heavy (non-hydrogen) atoms. The highest BCUT2D eigenvalue weighted by atomic mass is 16.5. The van der Waals surface area contributed by atoms with E-state index in [2.05, 4.69) is 17.6 Å². The van der Waals surface area contributed by atoms with Gasteiger partial charge in [0.15, 0.2) is 0 Å². The van der Waals surface area contributed by atoms with Crippen LogP contribution in [0.3, 0.4) is 0 Å². The van der Waals surface area contributed by atoms with Crippen molar-refractivity contribution in [1.82, 2.24) is 10.6 Å². The summed E-state index contributed by atoms with van der Waals surface area (Å²) in [5.41, 5.74) is 0. The van der Waals surface area contributed by atoms with Crippen LogP contribution in [0.1, 0.15) is 39.5 Å². The molecule has 0 aliphatic heterocycles. The van der Waals surface area contributed by atoms with Crippen molar-refractivity contribution in [2.24, 2.45) is 0 Å². The standard InChI is InChI=1S/C12H26N2O2/c1-4-6-7-11(10-16-3)14-9-12(15)13-8-5-2/h11,14H,4-10H2,1-3H3,(H,13,15). The van der Waals surface area contributed by atoms with Crippen molar-refractivity contribution in [3.63, 3.8) is 0 Å². The number of carbonyl (C=O) groups is 1. The smallest absolute Gasteiger partial charge is 0.233 e. The van der Waals surface area contributed by atoms with Crippen molar-refractivity contribution < 1.29 is 9.53 Å². The van der Waals surface area contributed by atoms with Gasteiger partial charge in [-0.25, -0.2) is 0 Å². The molecule has 0 spiro atoms. The number of hydrogen-bond donors (Lipinski definition) is 2. The summed E-state index contributed by atoms with van der Waals surface area (Å²) in [5.74, 6) is 0.0689. The number of amides is 1. The summed E-state index contributed by atoms with van der Waals surface area (Å²) >= 11 is 0. The van der Waals surface area contributed by atoms with Crippen LogP contribution in [0.15, 0.2) is 0 Å². The highest BCUT2D eigenvalue weighted by Gasteiger charge is 2.09. The van der Waals surface area contributed by atoms with E-state index in [1.807, 2.05) is 6.92 Å². The zero-order valence-electron chi connectivity index (χ0n) is 10.8. The van der Waals surface area contributed by atoms with E-state index in [1.165, 1.54) is 6.42 Å². The molecule has 4 nitrogen and oxygen atoms in total. The summed E-state index contributed by atoms with van der Waals surface area (Å²) in [7, 11) is 1.69. The third kappa shape index (κ3) is 8.68. The lowest BCUT2D eigenvalue weighted by molar-refractivity contribution is -0.120. The molecule has 0 fully saturated rings. The number of rotatable bonds is 10. The Hall–Kier alpha value is -0.610. The molecule has 0 radical (unpaired) electrons. The first-order valence-corrected chi connectivity index (χ1v) is 6.23. The molecule has 0 saturated carbocycles. The molecule has 0 bridgehead atoms. The Balaban J connectivity index is 3.68. The Bertz CT molecular complexity index is 174. The topological polar surface area (TPSA) is 50.4 Å². The number of methoxy groups -OCH3 is 1. The van der Waals surface area contributed by atoms with Gasteiger partial charge in [0.25, 0.3) is 0 Å². The number of ether oxygens (including phenoxy) is 1. The average Bonchev–Trinajstić information content (AvgIpc) is 2.30. The van der Waals surface area contributed by atoms with Gasteiger partial charge >= 0.3 is 0 Å². The third-order valence-corrected chi connectivity index (χ3v) is 2.40. The van der Waals surface area contributed by atoms with Crippen molar-refractivity contribution in [2.45, 2.75) is 45.6 Å². The zero-order chi connectivity index (χ0) is 12.2. The van der Waals surface area contributed by atoms with Crippen LogP contribution < -0.4 is 10.6 Å². The van der Waals surface area contributed by atoms with Gasteiger partial charge in [0.05, 0.1) is 13.2 Å². The van der Waals surface area contributed by atoms with Crippen molar-refractivity contribution in [2.75, 3.05) is 26.8 Å². The van der Waals surface area contributed by atoms with E-state index in [0.717, 1.165) is 25.8 Å². The van der Waals surface area contributed by atoms with Gasteiger partial charge in [-0.2, -0.15) is 0 Å². The van der Waals surface area contributed by atoms with Gasteiger partial charge in [0.2, 0.25) is 5.91 Å². The minimum atomic E-state index is 0.0689. The van der Waals surface area contributed by atoms with Gasteiger partial charge in [-0.15, -0.1) is 0 Å². The maximum absolute atomic E-state index is 11.4. The Morgan fingerprint density at radius 1 is 1.31 bits per heavy atom. The molecule has 0 heterocycles. The first-order valence-electron chi connectivity index (χ1n) is 6.23. The molecule has 96 valence electrons. The monoisotopic (exact) mass is 230 g/mol. The van der Waals surface area contributed by atoms with Crippen molar-refractivity contribution in [3.8, 4) is 0 Å². The summed E-state index contributed by atoms with van der Waals surface area (Å²) in [6.45, 7) is 6.02. The molecule has 0 rings (SSSR count). The SMILES string of the molecule is CCCCC(COC)NCC(=O)NCCC.